The Labute approximate surface area is 212 Å². The number of carboxylic acid groups (broad SMARTS) is 1. The van der Waals surface area contributed by atoms with E-state index in [4.69, 9.17) is 15.6 Å². The molecule has 0 spiro atoms. The first-order chi connectivity index (χ1) is 17.3. The first-order valence-electron chi connectivity index (χ1n) is 12.4. The van der Waals surface area contributed by atoms with Crippen molar-refractivity contribution in [3.05, 3.63) is 82.4 Å². The number of carboxylic acids is 1. The fourth-order valence-electron chi connectivity index (χ4n) is 4.74. The summed E-state index contributed by atoms with van der Waals surface area (Å²) in [6, 6.07) is 5.27. The number of fused-ring (bicyclic) bond motifs is 1. The fourth-order valence-corrected chi connectivity index (χ4v) is 4.74. The summed E-state index contributed by atoms with van der Waals surface area (Å²) in [5.41, 5.74) is 6.73. The van der Waals surface area contributed by atoms with Crippen molar-refractivity contribution in [1.29, 1.82) is 0 Å². The highest BCUT2D eigenvalue weighted by atomic mass is 16.5. The van der Waals surface area contributed by atoms with Crippen molar-refractivity contribution in [2.75, 3.05) is 19.0 Å². The number of aromatic nitrogens is 2. The molecule has 4 N–H and O–H groups in total. The molecule has 2 atom stereocenters. The van der Waals surface area contributed by atoms with Gasteiger partial charge in [0, 0.05) is 36.6 Å². The number of aryl methyl sites for hydroxylation is 3. The molecule has 36 heavy (non-hydrogen) atoms. The maximum absolute atomic E-state index is 11.5. The lowest BCUT2D eigenvalue weighted by molar-refractivity contribution is -0.138. The molecule has 1 unspecified atom stereocenters. The van der Waals surface area contributed by atoms with Gasteiger partial charge in [-0.1, -0.05) is 36.8 Å². The predicted molar refractivity (Wildman–Crippen MR) is 140 cm³/mol. The molecule has 0 aromatic carbocycles. The van der Waals surface area contributed by atoms with E-state index in [1.165, 1.54) is 28.8 Å². The van der Waals surface area contributed by atoms with Gasteiger partial charge < -0.3 is 20.2 Å². The van der Waals surface area contributed by atoms with Crippen LogP contribution in [0.25, 0.3) is 0 Å². The predicted octanol–water partition coefficient (Wildman–Crippen LogP) is 4.49. The Hall–Kier alpha value is -3.65. The molecule has 1 aliphatic carbocycles. The van der Waals surface area contributed by atoms with Gasteiger partial charge in [0.25, 0.3) is 0 Å². The summed E-state index contributed by atoms with van der Waals surface area (Å²) >= 11 is 0. The second-order valence-corrected chi connectivity index (χ2v) is 9.46. The Balaban J connectivity index is 1.43. The SMILES string of the molecule is COc1ccc([C@H](CC(=O)O)N(N)/C=C2/C=CC(CCc3cc4c(nc3C)NCCC4)=CC2C)cn1. The standard InChI is InChI=1S/C28H35N5O3/c1-18-13-20(6-8-21-14-22-5-4-12-30-28(22)32-19(21)2)7-9-24(18)17-33(29)25(15-27(34)35)23-10-11-26(36-3)31-16-23/h7,9-11,13-14,16-18,25H,4-6,8,12,15,29H2,1-3H3,(H,30,32)(H,34,35)/b24-17-/t18?,25-/m0/s1. The third kappa shape index (κ3) is 6.12. The molecule has 0 amide bonds. The van der Waals surface area contributed by atoms with Crippen LogP contribution in [0.1, 0.15) is 54.6 Å². The zero-order chi connectivity index (χ0) is 25.7. The Morgan fingerprint density at radius 1 is 1.36 bits per heavy atom. The molecular weight excluding hydrogens is 454 g/mol. The number of ether oxygens (including phenoxy) is 1. The molecule has 2 aromatic rings. The molecule has 1 aliphatic heterocycles. The molecule has 0 fully saturated rings. The summed E-state index contributed by atoms with van der Waals surface area (Å²) in [4.78, 5) is 20.5. The van der Waals surface area contributed by atoms with E-state index >= 15 is 0 Å². The Bertz CT molecular complexity index is 1190. The lowest BCUT2D eigenvalue weighted by Gasteiger charge is -2.27. The van der Waals surface area contributed by atoms with Crippen molar-refractivity contribution in [2.24, 2.45) is 11.8 Å². The maximum Gasteiger partial charge on any atom is 0.305 e. The number of aliphatic carboxylic acids is 1. The topological polar surface area (TPSA) is 114 Å². The Kier molecular flexibility index (Phi) is 8.05. The molecule has 0 saturated heterocycles. The number of allylic oxidation sites excluding steroid dienone is 5. The highest BCUT2D eigenvalue weighted by molar-refractivity contribution is 5.68. The number of pyridine rings is 2. The van der Waals surface area contributed by atoms with Crippen LogP contribution >= 0.6 is 0 Å². The van der Waals surface area contributed by atoms with Crippen LogP contribution in [-0.2, 0) is 17.6 Å². The van der Waals surface area contributed by atoms with Gasteiger partial charge >= 0.3 is 5.97 Å². The first-order valence-corrected chi connectivity index (χ1v) is 12.4. The van der Waals surface area contributed by atoms with E-state index < -0.39 is 12.0 Å². The van der Waals surface area contributed by atoms with Crippen LogP contribution in [0.2, 0.25) is 0 Å². The zero-order valence-electron chi connectivity index (χ0n) is 21.2. The van der Waals surface area contributed by atoms with E-state index in [1.807, 2.05) is 6.20 Å². The van der Waals surface area contributed by atoms with E-state index in [0.29, 0.717) is 11.4 Å². The maximum atomic E-state index is 11.5. The second-order valence-electron chi connectivity index (χ2n) is 9.46. The van der Waals surface area contributed by atoms with Crippen LogP contribution < -0.4 is 15.9 Å². The van der Waals surface area contributed by atoms with Crippen LogP contribution in [0.5, 0.6) is 5.88 Å². The number of hydrogen-bond donors (Lipinski definition) is 3. The van der Waals surface area contributed by atoms with Gasteiger partial charge in [-0.15, -0.1) is 0 Å². The Morgan fingerprint density at radius 3 is 2.89 bits per heavy atom. The fraction of sp³-hybridized carbons (Fsp3) is 0.393. The van der Waals surface area contributed by atoms with Gasteiger partial charge in [-0.2, -0.15) is 0 Å². The van der Waals surface area contributed by atoms with Gasteiger partial charge in [-0.3, -0.25) is 4.79 Å². The molecule has 190 valence electrons. The van der Waals surface area contributed by atoms with Gasteiger partial charge in [-0.25, -0.2) is 15.8 Å². The first kappa shape index (κ1) is 25.4. The number of rotatable bonds is 9. The summed E-state index contributed by atoms with van der Waals surface area (Å²) in [5, 5.41) is 14.3. The highest BCUT2D eigenvalue weighted by Gasteiger charge is 2.22. The van der Waals surface area contributed by atoms with Crippen molar-refractivity contribution in [1.82, 2.24) is 15.0 Å². The smallest absolute Gasteiger partial charge is 0.305 e. The number of methoxy groups -OCH3 is 1. The Morgan fingerprint density at radius 2 is 2.19 bits per heavy atom. The number of nitrogens with one attached hydrogen (secondary N) is 1. The number of anilines is 1. The van der Waals surface area contributed by atoms with E-state index in [0.717, 1.165) is 49.3 Å². The second kappa shape index (κ2) is 11.4. The minimum Gasteiger partial charge on any atom is -0.481 e. The van der Waals surface area contributed by atoms with Crippen molar-refractivity contribution >= 4 is 11.8 Å². The van der Waals surface area contributed by atoms with Crippen molar-refractivity contribution in [3.8, 4) is 5.88 Å². The summed E-state index contributed by atoms with van der Waals surface area (Å²) < 4.78 is 5.11. The van der Waals surface area contributed by atoms with Gasteiger partial charge in [0.15, 0.2) is 0 Å². The molecule has 3 heterocycles. The minimum absolute atomic E-state index is 0.142. The normalized spacial score (nSPS) is 18.7. The van der Waals surface area contributed by atoms with E-state index in [2.05, 4.69) is 48.4 Å². The van der Waals surface area contributed by atoms with Gasteiger partial charge in [0.1, 0.15) is 5.82 Å². The van der Waals surface area contributed by atoms with Crippen molar-refractivity contribution in [3.63, 3.8) is 0 Å². The van der Waals surface area contributed by atoms with E-state index in [9.17, 15) is 9.90 Å². The van der Waals surface area contributed by atoms with E-state index in [-0.39, 0.29) is 12.3 Å². The molecule has 2 aliphatic rings. The number of carbonyl (C=O) groups is 1. The molecule has 0 radical (unpaired) electrons. The van der Waals surface area contributed by atoms with Gasteiger partial charge in [0.2, 0.25) is 5.88 Å². The van der Waals surface area contributed by atoms with Crippen LogP contribution in [0.4, 0.5) is 5.82 Å². The quantitative estimate of drug-likeness (QED) is 0.349. The van der Waals surface area contributed by atoms with Gasteiger partial charge in [-0.05, 0) is 60.9 Å². The summed E-state index contributed by atoms with van der Waals surface area (Å²) in [6.07, 6.45) is 13.9. The molecular formula is C28H35N5O3. The molecule has 0 bridgehead atoms. The largest absolute Gasteiger partial charge is 0.481 e. The van der Waals surface area contributed by atoms with Crippen LogP contribution in [0, 0.1) is 12.8 Å². The lowest BCUT2D eigenvalue weighted by atomic mass is 9.90. The number of nitrogens with two attached hydrogens (primary N) is 1. The van der Waals surface area contributed by atoms with Crippen LogP contribution in [0.3, 0.4) is 0 Å². The van der Waals surface area contributed by atoms with Crippen LogP contribution in [-0.4, -0.2) is 39.7 Å². The van der Waals surface area contributed by atoms with Crippen molar-refractivity contribution in [2.45, 2.75) is 52.0 Å². The number of nitrogens with zero attached hydrogens (tertiary/aromatic N) is 3. The molecule has 8 nitrogen and oxygen atoms in total. The van der Waals surface area contributed by atoms with Crippen molar-refractivity contribution < 1.29 is 14.6 Å². The highest BCUT2D eigenvalue weighted by Crippen LogP contribution is 2.29. The summed E-state index contributed by atoms with van der Waals surface area (Å²) in [5.74, 6) is 7.11. The molecule has 0 saturated carbocycles. The average Bonchev–Trinajstić information content (AvgIpc) is 2.87. The van der Waals surface area contributed by atoms with Crippen LogP contribution in [0.15, 0.2) is 60.0 Å². The number of hydrogen-bond acceptors (Lipinski definition) is 7. The number of hydrazine groups is 1. The molecule has 4 rings (SSSR count). The lowest BCUT2D eigenvalue weighted by Crippen LogP contribution is -2.32. The van der Waals surface area contributed by atoms with Gasteiger partial charge in [0.05, 0.1) is 19.6 Å². The monoisotopic (exact) mass is 489 g/mol. The molecule has 2 aromatic heterocycles. The minimum atomic E-state index is -0.929. The van der Waals surface area contributed by atoms with E-state index in [1.54, 1.807) is 18.3 Å². The third-order valence-electron chi connectivity index (χ3n) is 6.85. The summed E-state index contributed by atoms with van der Waals surface area (Å²) in [7, 11) is 1.54. The zero-order valence-corrected chi connectivity index (χ0v) is 21.2. The average molecular weight is 490 g/mol. The molecule has 8 heteroatoms. The summed E-state index contributed by atoms with van der Waals surface area (Å²) in [6.45, 7) is 5.21. The third-order valence-corrected chi connectivity index (χ3v) is 6.85.